The number of benzene rings is 1. The highest BCUT2D eigenvalue weighted by Crippen LogP contribution is 2.33. The van der Waals surface area contributed by atoms with E-state index < -0.39 is 37.3 Å². The monoisotopic (exact) mass is 316 g/mol. The summed E-state index contributed by atoms with van der Waals surface area (Å²) in [7, 11) is 2.95. The van der Waals surface area contributed by atoms with E-state index in [0.29, 0.717) is 11.5 Å². The number of ether oxygens (including phenoxy) is 4. The summed E-state index contributed by atoms with van der Waals surface area (Å²) in [5.41, 5.74) is 0. The van der Waals surface area contributed by atoms with E-state index in [1.54, 1.807) is 18.2 Å². The molecule has 1 fully saturated rings. The van der Waals surface area contributed by atoms with E-state index >= 15 is 0 Å². The number of methoxy groups -OCH3 is 2. The van der Waals surface area contributed by atoms with Crippen LogP contribution in [-0.4, -0.2) is 72.0 Å². The van der Waals surface area contributed by atoms with Crippen LogP contribution in [0.2, 0.25) is 0 Å². The van der Waals surface area contributed by atoms with Gasteiger partial charge in [0.2, 0.25) is 6.29 Å². The zero-order valence-corrected chi connectivity index (χ0v) is 12.2. The molecule has 1 aliphatic heterocycles. The second kappa shape index (κ2) is 7.12. The normalized spacial score (nSPS) is 31.6. The molecule has 4 N–H and O–H groups in total. The van der Waals surface area contributed by atoms with Gasteiger partial charge in [0.1, 0.15) is 30.2 Å². The van der Waals surface area contributed by atoms with Gasteiger partial charge in [-0.25, -0.2) is 0 Å². The number of hydrogen-bond donors (Lipinski definition) is 4. The Labute approximate surface area is 127 Å². The lowest BCUT2D eigenvalue weighted by Gasteiger charge is -2.39. The Morgan fingerprint density at radius 2 is 1.73 bits per heavy atom. The largest absolute Gasteiger partial charge is 0.497 e. The van der Waals surface area contributed by atoms with Crippen LogP contribution in [-0.2, 0) is 4.74 Å². The highest BCUT2D eigenvalue weighted by Gasteiger charge is 2.44. The van der Waals surface area contributed by atoms with Gasteiger partial charge in [0.05, 0.1) is 20.8 Å². The van der Waals surface area contributed by atoms with Crippen molar-refractivity contribution in [2.24, 2.45) is 0 Å². The Morgan fingerprint density at radius 1 is 1.00 bits per heavy atom. The van der Waals surface area contributed by atoms with E-state index in [1.807, 2.05) is 0 Å². The number of rotatable bonds is 5. The minimum atomic E-state index is -1.50. The lowest BCUT2D eigenvalue weighted by molar-refractivity contribution is -0.277. The Bertz CT molecular complexity index is 492. The van der Waals surface area contributed by atoms with Gasteiger partial charge in [-0.2, -0.15) is 0 Å². The average molecular weight is 316 g/mol. The summed E-state index contributed by atoms with van der Waals surface area (Å²) in [5.74, 6) is 1.15. The zero-order chi connectivity index (χ0) is 16.3. The average Bonchev–Trinajstić information content (AvgIpc) is 2.55. The van der Waals surface area contributed by atoms with Crippen LogP contribution in [0.5, 0.6) is 17.2 Å². The molecule has 2 rings (SSSR count). The zero-order valence-electron chi connectivity index (χ0n) is 12.2. The second-order valence-corrected chi connectivity index (χ2v) is 4.83. The van der Waals surface area contributed by atoms with Crippen LogP contribution in [0.25, 0.3) is 0 Å². The van der Waals surface area contributed by atoms with Crippen molar-refractivity contribution in [2.75, 3.05) is 20.8 Å². The van der Waals surface area contributed by atoms with Crippen LogP contribution in [0, 0.1) is 0 Å². The minimum Gasteiger partial charge on any atom is -0.497 e. The molecular weight excluding hydrogens is 296 g/mol. The summed E-state index contributed by atoms with van der Waals surface area (Å²) in [6, 6.07) is 4.76. The lowest BCUT2D eigenvalue weighted by atomic mass is 9.99. The first-order chi connectivity index (χ1) is 10.5. The van der Waals surface area contributed by atoms with Crippen LogP contribution < -0.4 is 14.2 Å². The molecule has 0 amide bonds. The van der Waals surface area contributed by atoms with E-state index in [4.69, 9.17) is 24.1 Å². The minimum absolute atomic E-state index is 0.257. The Kier molecular flexibility index (Phi) is 5.43. The molecule has 5 atom stereocenters. The third-order valence-corrected chi connectivity index (χ3v) is 3.46. The van der Waals surface area contributed by atoms with Crippen molar-refractivity contribution in [1.82, 2.24) is 0 Å². The molecule has 1 heterocycles. The highest BCUT2D eigenvalue weighted by atomic mass is 16.7. The van der Waals surface area contributed by atoms with Crippen molar-refractivity contribution < 1.29 is 39.4 Å². The van der Waals surface area contributed by atoms with Crippen LogP contribution in [0.3, 0.4) is 0 Å². The second-order valence-electron chi connectivity index (χ2n) is 4.83. The van der Waals surface area contributed by atoms with Gasteiger partial charge in [0, 0.05) is 6.07 Å². The van der Waals surface area contributed by atoms with Crippen molar-refractivity contribution in [3.63, 3.8) is 0 Å². The molecule has 8 heteroatoms. The number of aliphatic hydroxyl groups excluding tert-OH is 4. The molecular formula is C14H20O8. The fraction of sp³-hybridized carbons (Fsp3) is 0.571. The van der Waals surface area contributed by atoms with E-state index in [0.717, 1.165) is 0 Å². The van der Waals surface area contributed by atoms with E-state index in [9.17, 15) is 15.3 Å². The van der Waals surface area contributed by atoms with Gasteiger partial charge in [0.25, 0.3) is 0 Å². The highest BCUT2D eigenvalue weighted by molar-refractivity contribution is 5.45. The van der Waals surface area contributed by atoms with Gasteiger partial charge < -0.3 is 39.4 Å². The molecule has 0 unspecified atom stereocenters. The first kappa shape index (κ1) is 16.8. The molecule has 0 saturated carbocycles. The standard InChI is InChI=1S/C14H20O8/c1-19-7-3-4-8(9(5-7)20-2)21-14-13(18)12(17)11(16)10(6-15)22-14/h3-5,10-18H,6H2,1-2H3/t10-,11+,12+,13-,14-/m1/s1. The van der Waals surface area contributed by atoms with Gasteiger partial charge in [-0.05, 0) is 12.1 Å². The van der Waals surface area contributed by atoms with Gasteiger partial charge in [0.15, 0.2) is 11.5 Å². The van der Waals surface area contributed by atoms with Crippen molar-refractivity contribution in [2.45, 2.75) is 30.7 Å². The molecule has 0 aliphatic carbocycles. The van der Waals surface area contributed by atoms with Gasteiger partial charge in [-0.3, -0.25) is 0 Å². The molecule has 1 aromatic rings. The summed E-state index contributed by atoms with van der Waals surface area (Å²) in [4.78, 5) is 0. The third-order valence-electron chi connectivity index (χ3n) is 3.46. The summed E-state index contributed by atoms with van der Waals surface area (Å²) in [5, 5.41) is 38.5. The van der Waals surface area contributed by atoms with Crippen molar-refractivity contribution in [1.29, 1.82) is 0 Å². The van der Waals surface area contributed by atoms with Gasteiger partial charge >= 0.3 is 0 Å². The quantitative estimate of drug-likeness (QED) is 0.540. The first-order valence-electron chi connectivity index (χ1n) is 6.71. The van der Waals surface area contributed by atoms with Gasteiger partial charge in [-0.1, -0.05) is 0 Å². The molecule has 1 saturated heterocycles. The Morgan fingerprint density at radius 3 is 2.32 bits per heavy atom. The van der Waals surface area contributed by atoms with Crippen LogP contribution >= 0.6 is 0 Å². The van der Waals surface area contributed by atoms with Crippen LogP contribution in [0.4, 0.5) is 0 Å². The molecule has 8 nitrogen and oxygen atoms in total. The Balaban J connectivity index is 2.18. The molecule has 1 aliphatic rings. The predicted molar refractivity (Wildman–Crippen MR) is 73.9 cm³/mol. The van der Waals surface area contributed by atoms with Crippen molar-refractivity contribution in [3.05, 3.63) is 18.2 Å². The van der Waals surface area contributed by atoms with Crippen molar-refractivity contribution in [3.8, 4) is 17.2 Å². The fourth-order valence-corrected chi connectivity index (χ4v) is 2.16. The first-order valence-corrected chi connectivity index (χ1v) is 6.71. The predicted octanol–water partition coefficient (Wildman–Crippen LogP) is -1.12. The molecule has 124 valence electrons. The van der Waals surface area contributed by atoms with E-state index in [-0.39, 0.29) is 5.75 Å². The van der Waals surface area contributed by atoms with Crippen LogP contribution in [0.15, 0.2) is 18.2 Å². The SMILES string of the molecule is COc1ccc(O[C@@H]2O[C@H](CO)[C@H](O)[C@H](O)[C@H]2O)c(OC)c1. The molecule has 0 bridgehead atoms. The smallest absolute Gasteiger partial charge is 0.229 e. The summed E-state index contributed by atoms with van der Waals surface area (Å²) < 4.78 is 21.0. The Hall–Kier alpha value is -1.58. The summed E-state index contributed by atoms with van der Waals surface area (Å²) >= 11 is 0. The van der Waals surface area contributed by atoms with E-state index in [2.05, 4.69) is 0 Å². The molecule has 1 aromatic carbocycles. The van der Waals surface area contributed by atoms with Crippen molar-refractivity contribution >= 4 is 0 Å². The van der Waals surface area contributed by atoms with E-state index in [1.165, 1.54) is 14.2 Å². The molecule has 0 aromatic heterocycles. The molecule has 22 heavy (non-hydrogen) atoms. The maximum atomic E-state index is 9.94. The topological polar surface area (TPSA) is 118 Å². The van der Waals surface area contributed by atoms with Gasteiger partial charge in [-0.15, -0.1) is 0 Å². The third kappa shape index (κ3) is 3.26. The summed E-state index contributed by atoms with van der Waals surface area (Å²) in [6.07, 6.45) is -6.71. The van der Waals surface area contributed by atoms with Crippen LogP contribution in [0.1, 0.15) is 0 Å². The summed E-state index contributed by atoms with van der Waals surface area (Å²) in [6.45, 7) is -0.523. The maximum Gasteiger partial charge on any atom is 0.229 e. The lowest BCUT2D eigenvalue weighted by Crippen LogP contribution is -2.60. The molecule has 0 spiro atoms. The number of hydrogen-bond acceptors (Lipinski definition) is 8. The molecule has 0 radical (unpaired) electrons. The maximum absolute atomic E-state index is 9.94. The number of aliphatic hydroxyl groups is 4. The fourth-order valence-electron chi connectivity index (χ4n) is 2.16.